The van der Waals surface area contributed by atoms with Crippen LogP contribution in [0.25, 0.3) is 0 Å². The summed E-state index contributed by atoms with van der Waals surface area (Å²) in [5.74, 6) is 3.34. The molecule has 0 rings (SSSR count). The van der Waals surface area contributed by atoms with Gasteiger partial charge in [-0.3, -0.25) is 0 Å². The standard InChI is InChI=1S/C16H32/c1-7-16(8-2)12-11-15(6)14(5)10-9-13(3)4/h7,13-16H,1,8-12H2,2-6H3. The van der Waals surface area contributed by atoms with Crippen LogP contribution in [0.1, 0.15) is 66.7 Å². The number of hydrogen-bond acceptors (Lipinski definition) is 0. The highest BCUT2D eigenvalue weighted by atomic mass is 14.2. The minimum Gasteiger partial charge on any atom is -0.103 e. The molecule has 0 radical (unpaired) electrons. The first-order valence-corrected chi connectivity index (χ1v) is 7.13. The summed E-state index contributed by atoms with van der Waals surface area (Å²) in [5.41, 5.74) is 0. The van der Waals surface area contributed by atoms with Crippen molar-refractivity contribution in [1.29, 1.82) is 0 Å². The van der Waals surface area contributed by atoms with Gasteiger partial charge < -0.3 is 0 Å². The Morgan fingerprint density at radius 1 is 0.875 bits per heavy atom. The zero-order valence-electron chi connectivity index (χ0n) is 12.1. The van der Waals surface area contributed by atoms with Crippen molar-refractivity contribution in [3.63, 3.8) is 0 Å². The first kappa shape index (κ1) is 15.7. The summed E-state index contributed by atoms with van der Waals surface area (Å²) in [6.45, 7) is 15.7. The maximum absolute atomic E-state index is 3.91. The van der Waals surface area contributed by atoms with E-state index in [0.29, 0.717) is 0 Å². The number of rotatable bonds is 9. The third-order valence-corrected chi connectivity index (χ3v) is 4.02. The molecule has 16 heavy (non-hydrogen) atoms. The zero-order valence-corrected chi connectivity index (χ0v) is 12.1. The van der Waals surface area contributed by atoms with E-state index < -0.39 is 0 Å². The summed E-state index contributed by atoms with van der Waals surface area (Å²) >= 11 is 0. The van der Waals surface area contributed by atoms with Crippen molar-refractivity contribution >= 4 is 0 Å². The average molecular weight is 224 g/mol. The molecule has 0 bridgehead atoms. The van der Waals surface area contributed by atoms with E-state index in [1.165, 1.54) is 32.1 Å². The Kier molecular flexibility index (Phi) is 8.70. The first-order chi connectivity index (χ1) is 7.51. The lowest BCUT2D eigenvalue weighted by Crippen LogP contribution is -2.10. The monoisotopic (exact) mass is 224 g/mol. The molecule has 0 aromatic heterocycles. The van der Waals surface area contributed by atoms with Gasteiger partial charge in [0.15, 0.2) is 0 Å². The third kappa shape index (κ3) is 7.09. The molecule has 3 atom stereocenters. The van der Waals surface area contributed by atoms with Crippen LogP contribution in [0.3, 0.4) is 0 Å². The van der Waals surface area contributed by atoms with Gasteiger partial charge in [-0.15, -0.1) is 6.58 Å². The van der Waals surface area contributed by atoms with Gasteiger partial charge in [0.05, 0.1) is 0 Å². The molecule has 0 aliphatic carbocycles. The Balaban J connectivity index is 3.77. The maximum atomic E-state index is 3.91. The van der Waals surface area contributed by atoms with Crippen molar-refractivity contribution < 1.29 is 0 Å². The molecule has 96 valence electrons. The lowest BCUT2D eigenvalue weighted by Gasteiger charge is -2.22. The van der Waals surface area contributed by atoms with Crippen molar-refractivity contribution in [1.82, 2.24) is 0 Å². The fraction of sp³-hybridized carbons (Fsp3) is 0.875. The van der Waals surface area contributed by atoms with Crippen LogP contribution in [0.5, 0.6) is 0 Å². The van der Waals surface area contributed by atoms with Crippen LogP contribution in [0.2, 0.25) is 0 Å². The molecular weight excluding hydrogens is 192 g/mol. The highest BCUT2D eigenvalue weighted by Crippen LogP contribution is 2.25. The van der Waals surface area contributed by atoms with E-state index in [9.17, 15) is 0 Å². The molecule has 0 aliphatic heterocycles. The van der Waals surface area contributed by atoms with Crippen LogP contribution in [0.15, 0.2) is 12.7 Å². The average Bonchev–Trinajstić information content (AvgIpc) is 2.26. The van der Waals surface area contributed by atoms with E-state index >= 15 is 0 Å². The molecule has 0 aromatic rings. The van der Waals surface area contributed by atoms with E-state index in [0.717, 1.165) is 23.7 Å². The largest absolute Gasteiger partial charge is 0.103 e. The van der Waals surface area contributed by atoms with Gasteiger partial charge in [-0.25, -0.2) is 0 Å². The first-order valence-electron chi connectivity index (χ1n) is 7.13. The third-order valence-electron chi connectivity index (χ3n) is 4.02. The van der Waals surface area contributed by atoms with E-state index in [4.69, 9.17) is 0 Å². The summed E-state index contributed by atoms with van der Waals surface area (Å²) in [4.78, 5) is 0. The summed E-state index contributed by atoms with van der Waals surface area (Å²) in [7, 11) is 0. The molecule has 0 heterocycles. The van der Waals surface area contributed by atoms with Crippen molar-refractivity contribution in [2.45, 2.75) is 66.7 Å². The smallest absolute Gasteiger partial charge is 0.0239 e. The molecule has 0 saturated heterocycles. The van der Waals surface area contributed by atoms with Crippen LogP contribution in [0, 0.1) is 23.7 Å². The second kappa shape index (κ2) is 8.84. The summed E-state index contributed by atoms with van der Waals surface area (Å²) in [6.07, 6.45) is 8.84. The van der Waals surface area contributed by atoms with Gasteiger partial charge in [0.25, 0.3) is 0 Å². The van der Waals surface area contributed by atoms with Gasteiger partial charge in [-0.1, -0.05) is 53.5 Å². The fourth-order valence-electron chi connectivity index (χ4n) is 2.13. The van der Waals surface area contributed by atoms with Gasteiger partial charge >= 0.3 is 0 Å². The van der Waals surface area contributed by atoms with Crippen molar-refractivity contribution in [3.05, 3.63) is 12.7 Å². The molecular formula is C16H32. The van der Waals surface area contributed by atoms with Crippen LogP contribution in [0.4, 0.5) is 0 Å². The van der Waals surface area contributed by atoms with Gasteiger partial charge in [0, 0.05) is 0 Å². The van der Waals surface area contributed by atoms with Gasteiger partial charge in [0.1, 0.15) is 0 Å². The minimum atomic E-state index is 0.736. The fourth-order valence-corrected chi connectivity index (χ4v) is 2.13. The molecule has 0 spiro atoms. The molecule has 0 heteroatoms. The van der Waals surface area contributed by atoms with Gasteiger partial charge in [-0.2, -0.15) is 0 Å². The Morgan fingerprint density at radius 2 is 1.38 bits per heavy atom. The second-order valence-corrected chi connectivity index (χ2v) is 5.91. The SMILES string of the molecule is C=CC(CC)CCC(C)C(C)CCC(C)C. The van der Waals surface area contributed by atoms with Crippen LogP contribution in [-0.2, 0) is 0 Å². The lowest BCUT2D eigenvalue weighted by atomic mass is 9.84. The predicted molar refractivity (Wildman–Crippen MR) is 75.6 cm³/mol. The zero-order chi connectivity index (χ0) is 12.6. The molecule has 3 unspecified atom stereocenters. The van der Waals surface area contributed by atoms with Crippen LogP contribution >= 0.6 is 0 Å². The molecule has 0 aromatic carbocycles. The highest BCUT2D eigenvalue weighted by molar-refractivity contribution is 4.78. The Morgan fingerprint density at radius 3 is 1.75 bits per heavy atom. The van der Waals surface area contributed by atoms with Crippen LogP contribution < -0.4 is 0 Å². The Bertz CT molecular complexity index is 169. The number of allylic oxidation sites excluding steroid dienone is 1. The van der Waals surface area contributed by atoms with Crippen molar-refractivity contribution in [3.8, 4) is 0 Å². The number of hydrogen-bond donors (Lipinski definition) is 0. The topological polar surface area (TPSA) is 0 Å². The quantitative estimate of drug-likeness (QED) is 0.441. The van der Waals surface area contributed by atoms with E-state index in [1.54, 1.807) is 0 Å². The van der Waals surface area contributed by atoms with Crippen molar-refractivity contribution in [2.75, 3.05) is 0 Å². The summed E-state index contributed by atoms with van der Waals surface area (Å²) < 4.78 is 0. The van der Waals surface area contributed by atoms with E-state index in [-0.39, 0.29) is 0 Å². The summed E-state index contributed by atoms with van der Waals surface area (Å²) in [6, 6.07) is 0. The molecule has 0 N–H and O–H groups in total. The molecule has 0 saturated carbocycles. The molecule has 0 nitrogen and oxygen atoms in total. The molecule has 0 fully saturated rings. The van der Waals surface area contributed by atoms with Gasteiger partial charge in [-0.05, 0) is 42.9 Å². The Labute approximate surface area is 104 Å². The highest BCUT2D eigenvalue weighted by Gasteiger charge is 2.13. The molecule has 0 aliphatic rings. The lowest BCUT2D eigenvalue weighted by molar-refractivity contribution is 0.304. The molecule has 0 amide bonds. The Hall–Kier alpha value is -0.260. The minimum absolute atomic E-state index is 0.736. The van der Waals surface area contributed by atoms with E-state index in [2.05, 4.69) is 47.3 Å². The predicted octanol–water partition coefficient (Wildman–Crippen LogP) is 5.69. The van der Waals surface area contributed by atoms with E-state index in [1.807, 2.05) is 0 Å². The van der Waals surface area contributed by atoms with Gasteiger partial charge in [0.2, 0.25) is 0 Å². The summed E-state index contributed by atoms with van der Waals surface area (Å²) in [5, 5.41) is 0. The normalized spacial score (nSPS) is 17.1. The second-order valence-electron chi connectivity index (χ2n) is 5.91. The van der Waals surface area contributed by atoms with Crippen LogP contribution in [-0.4, -0.2) is 0 Å². The maximum Gasteiger partial charge on any atom is -0.0239 e. The van der Waals surface area contributed by atoms with Crippen molar-refractivity contribution in [2.24, 2.45) is 23.7 Å².